The standard InChI is InChI=1S/C6H5O3S.Na/c7-10(8,9)6-4-2-1-3-5-6;/h1-4H,(H,7,8,9);/q;+1/p-1. The molecule has 0 heterocycles. The maximum Gasteiger partial charge on any atom is 1.00 e. The summed E-state index contributed by atoms with van der Waals surface area (Å²) in [6, 6.07) is 7.96. The van der Waals surface area contributed by atoms with Gasteiger partial charge in [-0.3, -0.25) is 0 Å². The van der Waals surface area contributed by atoms with Crippen molar-refractivity contribution in [3.8, 4) is 0 Å². The van der Waals surface area contributed by atoms with Crippen LogP contribution in [0.5, 0.6) is 0 Å². The second kappa shape index (κ2) is 4.23. The molecule has 0 unspecified atom stereocenters. The van der Waals surface area contributed by atoms with E-state index in [4.69, 9.17) is 0 Å². The van der Waals surface area contributed by atoms with Gasteiger partial charge in [0, 0.05) is 6.07 Å². The normalized spacial score (nSPS) is 10.3. The molecule has 5 heteroatoms. The van der Waals surface area contributed by atoms with Gasteiger partial charge in [-0.25, -0.2) is 8.42 Å². The molecule has 0 aromatic heterocycles. The van der Waals surface area contributed by atoms with Crippen LogP contribution in [0.4, 0.5) is 0 Å². The molecule has 0 atom stereocenters. The van der Waals surface area contributed by atoms with Gasteiger partial charge in [0.05, 0.1) is 4.90 Å². The van der Waals surface area contributed by atoms with Crippen molar-refractivity contribution in [2.75, 3.05) is 0 Å². The second-order valence-corrected chi connectivity index (χ2v) is 3.03. The van der Waals surface area contributed by atoms with Gasteiger partial charge < -0.3 is 4.55 Å². The van der Waals surface area contributed by atoms with Crippen molar-refractivity contribution in [2.45, 2.75) is 4.90 Å². The van der Waals surface area contributed by atoms with Crippen LogP contribution in [0, 0.1) is 6.07 Å². The monoisotopic (exact) mass is 179 g/mol. The minimum absolute atomic E-state index is 0. The molecular weight excluding hydrogens is 175 g/mol. The van der Waals surface area contributed by atoms with Crippen LogP contribution in [0.15, 0.2) is 29.2 Å². The molecule has 0 N–H and O–H groups in total. The zero-order chi connectivity index (χ0) is 7.61. The van der Waals surface area contributed by atoms with Crippen molar-refractivity contribution >= 4 is 10.1 Å². The maximum atomic E-state index is 10.2. The third kappa shape index (κ3) is 3.35. The van der Waals surface area contributed by atoms with Gasteiger partial charge in [-0.15, -0.1) is 0 Å². The summed E-state index contributed by atoms with van der Waals surface area (Å²) < 4.78 is 30.7. The van der Waals surface area contributed by atoms with E-state index in [2.05, 4.69) is 6.07 Å². The Bertz CT molecular complexity index is 306. The van der Waals surface area contributed by atoms with E-state index >= 15 is 0 Å². The Morgan fingerprint density at radius 2 is 2.00 bits per heavy atom. The molecular formula is C6H4NaO3S. The number of hydrogen-bond donors (Lipinski definition) is 0. The van der Waals surface area contributed by atoms with E-state index in [0.717, 1.165) is 0 Å². The first-order valence-electron chi connectivity index (χ1n) is 2.53. The van der Waals surface area contributed by atoms with Gasteiger partial charge in [0.25, 0.3) is 0 Å². The topological polar surface area (TPSA) is 57.2 Å². The Labute approximate surface area is 87.5 Å². The molecule has 0 bridgehead atoms. The van der Waals surface area contributed by atoms with Gasteiger partial charge in [0.15, 0.2) is 0 Å². The van der Waals surface area contributed by atoms with Crippen LogP contribution >= 0.6 is 0 Å². The van der Waals surface area contributed by atoms with E-state index in [0.29, 0.717) is 0 Å². The fourth-order valence-electron chi connectivity index (χ4n) is 0.532. The number of rotatable bonds is 1. The first-order valence-corrected chi connectivity index (χ1v) is 3.94. The summed E-state index contributed by atoms with van der Waals surface area (Å²) in [5.41, 5.74) is 0. The zero-order valence-electron chi connectivity index (χ0n) is 5.94. The molecule has 0 saturated carbocycles. The SMILES string of the molecule is O=S(=O)([O-])c1[c]cccc1.[Na+]. The predicted molar refractivity (Wildman–Crippen MR) is 33.2 cm³/mol. The van der Waals surface area contributed by atoms with Gasteiger partial charge in [0.1, 0.15) is 10.1 Å². The van der Waals surface area contributed by atoms with Gasteiger partial charge >= 0.3 is 29.6 Å². The largest absolute Gasteiger partial charge is 1.00 e. The summed E-state index contributed by atoms with van der Waals surface area (Å²) in [5.74, 6) is 0. The number of hydrogen-bond acceptors (Lipinski definition) is 3. The Morgan fingerprint density at radius 3 is 2.27 bits per heavy atom. The van der Waals surface area contributed by atoms with Crippen LogP contribution < -0.4 is 29.6 Å². The Hall–Kier alpha value is 0.130. The van der Waals surface area contributed by atoms with Crippen LogP contribution in [0.2, 0.25) is 0 Å². The van der Waals surface area contributed by atoms with Gasteiger partial charge in [-0.05, 0) is 6.07 Å². The quantitative estimate of drug-likeness (QED) is 0.351. The van der Waals surface area contributed by atoms with Gasteiger partial charge in [-0.1, -0.05) is 18.2 Å². The molecule has 0 spiro atoms. The van der Waals surface area contributed by atoms with Crippen LogP contribution in [0.1, 0.15) is 0 Å². The Kier molecular flexibility index (Phi) is 4.28. The van der Waals surface area contributed by atoms with Crippen LogP contribution in [0.25, 0.3) is 0 Å². The maximum absolute atomic E-state index is 10.2. The molecule has 0 aliphatic rings. The zero-order valence-corrected chi connectivity index (χ0v) is 8.76. The van der Waals surface area contributed by atoms with Crippen molar-refractivity contribution in [1.82, 2.24) is 0 Å². The van der Waals surface area contributed by atoms with E-state index in [1.165, 1.54) is 18.2 Å². The smallest absolute Gasteiger partial charge is 0.744 e. The molecule has 0 amide bonds. The van der Waals surface area contributed by atoms with Crippen molar-refractivity contribution < 1.29 is 42.5 Å². The molecule has 0 aliphatic heterocycles. The van der Waals surface area contributed by atoms with Crippen molar-refractivity contribution in [1.29, 1.82) is 0 Å². The Morgan fingerprint density at radius 1 is 1.36 bits per heavy atom. The van der Waals surface area contributed by atoms with Crippen LogP contribution in [0.3, 0.4) is 0 Å². The fourth-order valence-corrected chi connectivity index (χ4v) is 0.990. The first kappa shape index (κ1) is 11.1. The predicted octanol–water partition coefficient (Wildman–Crippen LogP) is -2.61. The molecule has 1 rings (SSSR count). The molecule has 3 nitrogen and oxygen atoms in total. The van der Waals surface area contributed by atoms with Crippen molar-refractivity contribution in [2.24, 2.45) is 0 Å². The fraction of sp³-hybridized carbons (Fsp3) is 0. The molecule has 0 saturated heterocycles. The first-order chi connectivity index (χ1) is 4.61. The van der Waals surface area contributed by atoms with E-state index in [1.54, 1.807) is 6.07 Å². The van der Waals surface area contributed by atoms with Gasteiger partial charge in [0.2, 0.25) is 0 Å². The summed E-state index contributed by atoms with van der Waals surface area (Å²) in [6.07, 6.45) is 0. The third-order valence-corrected chi connectivity index (χ3v) is 1.74. The van der Waals surface area contributed by atoms with E-state index in [9.17, 15) is 13.0 Å². The summed E-state index contributed by atoms with van der Waals surface area (Å²) >= 11 is 0. The molecule has 1 aromatic rings. The second-order valence-electron chi connectivity index (χ2n) is 1.68. The molecule has 0 fully saturated rings. The minimum Gasteiger partial charge on any atom is -0.744 e. The van der Waals surface area contributed by atoms with Gasteiger partial charge in [-0.2, -0.15) is 0 Å². The summed E-state index contributed by atoms with van der Waals surface area (Å²) in [6.45, 7) is 0. The minimum atomic E-state index is -4.31. The Balaban J connectivity index is 0.000001000. The molecule has 1 aromatic carbocycles. The third-order valence-electron chi connectivity index (χ3n) is 0.950. The summed E-state index contributed by atoms with van der Waals surface area (Å²) in [5, 5.41) is 0. The van der Waals surface area contributed by atoms with Crippen LogP contribution in [-0.4, -0.2) is 13.0 Å². The van der Waals surface area contributed by atoms with E-state index in [-0.39, 0.29) is 34.5 Å². The molecule has 1 radical (unpaired) electrons. The average molecular weight is 179 g/mol. The van der Waals surface area contributed by atoms with Crippen LogP contribution in [-0.2, 0) is 10.1 Å². The molecule has 11 heavy (non-hydrogen) atoms. The number of benzene rings is 1. The van der Waals surface area contributed by atoms with Crippen molar-refractivity contribution in [3.63, 3.8) is 0 Å². The summed E-state index contributed by atoms with van der Waals surface area (Å²) in [7, 11) is -4.31. The summed E-state index contributed by atoms with van der Waals surface area (Å²) in [4.78, 5) is -0.310. The molecule has 0 aliphatic carbocycles. The van der Waals surface area contributed by atoms with E-state index < -0.39 is 10.1 Å². The average Bonchev–Trinajstić information content (AvgIpc) is 1.88. The van der Waals surface area contributed by atoms with Crippen molar-refractivity contribution in [3.05, 3.63) is 30.3 Å². The van der Waals surface area contributed by atoms with E-state index in [1.807, 2.05) is 0 Å². The molecule has 53 valence electrons.